The van der Waals surface area contributed by atoms with Gasteiger partial charge in [0.1, 0.15) is 17.5 Å². The summed E-state index contributed by atoms with van der Waals surface area (Å²) < 4.78 is 28.5. The van der Waals surface area contributed by atoms with E-state index in [9.17, 15) is 18.8 Å². The molecule has 4 N–H and O–H groups in total. The SMILES string of the molecule is CCCNc1cc(-c2cc(C#N)ccc2C(=N)N)cc(N2Cc3c(cccc3C(C)(F)F)C2=O)n1. The minimum absolute atomic E-state index is 0.0464. The van der Waals surface area contributed by atoms with Crippen LogP contribution in [-0.2, 0) is 12.5 Å². The van der Waals surface area contributed by atoms with Crippen molar-refractivity contribution in [1.82, 2.24) is 4.98 Å². The van der Waals surface area contributed by atoms with Gasteiger partial charge in [-0.1, -0.05) is 19.1 Å². The summed E-state index contributed by atoms with van der Waals surface area (Å²) in [6.45, 7) is 3.38. The zero-order valence-electron chi connectivity index (χ0n) is 19.3. The third-order valence-electron chi connectivity index (χ3n) is 5.84. The molecule has 1 aliphatic rings. The van der Waals surface area contributed by atoms with Gasteiger partial charge < -0.3 is 11.1 Å². The molecule has 4 rings (SSSR count). The maximum Gasteiger partial charge on any atom is 0.270 e. The van der Waals surface area contributed by atoms with Crippen molar-refractivity contribution in [2.24, 2.45) is 5.73 Å². The number of amides is 1. The van der Waals surface area contributed by atoms with Gasteiger partial charge in [-0.25, -0.2) is 13.8 Å². The van der Waals surface area contributed by atoms with Gasteiger partial charge >= 0.3 is 0 Å². The zero-order valence-corrected chi connectivity index (χ0v) is 19.3. The van der Waals surface area contributed by atoms with E-state index in [1.165, 1.54) is 23.1 Å². The van der Waals surface area contributed by atoms with E-state index >= 15 is 0 Å². The summed E-state index contributed by atoms with van der Waals surface area (Å²) >= 11 is 0. The van der Waals surface area contributed by atoms with Crippen molar-refractivity contribution in [3.05, 3.63) is 76.3 Å². The van der Waals surface area contributed by atoms with Crippen LogP contribution in [0.1, 0.15) is 52.9 Å². The number of nitrogens with one attached hydrogen (secondary N) is 2. The number of nitrogen functional groups attached to an aromatic ring is 1. The van der Waals surface area contributed by atoms with Gasteiger partial charge in [0.15, 0.2) is 0 Å². The Morgan fingerprint density at radius 3 is 2.69 bits per heavy atom. The van der Waals surface area contributed by atoms with Gasteiger partial charge in [0.25, 0.3) is 11.8 Å². The molecular weight excluding hydrogens is 450 g/mol. The summed E-state index contributed by atoms with van der Waals surface area (Å²) in [5.74, 6) is -2.95. The van der Waals surface area contributed by atoms with Crippen LogP contribution in [0.2, 0.25) is 0 Å². The summed E-state index contributed by atoms with van der Waals surface area (Å²) in [5, 5.41) is 20.6. The van der Waals surface area contributed by atoms with Gasteiger partial charge in [-0.3, -0.25) is 15.1 Å². The number of nitrogens with zero attached hydrogens (tertiary/aromatic N) is 3. The maximum absolute atomic E-state index is 14.2. The highest BCUT2D eigenvalue weighted by Gasteiger charge is 2.37. The van der Waals surface area contributed by atoms with E-state index in [4.69, 9.17) is 11.1 Å². The molecule has 0 fully saturated rings. The summed E-state index contributed by atoms with van der Waals surface area (Å²) in [5.41, 5.74) is 8.02. The number of amidine groups is 1. The molecule has 0 unspecified atom stereocenters. The molecule has 0 saturated carbocycles. The molecule has 1 aliphatic heterocycles. The van der Waals surface area contributed by atoms with Crippen LogP contribution in [0.5, 0.6) is 0 Å². The second kappa shape index (κ2) is 9.14. The lowest BCUT2D eigenvalue weighted by atomic mass is 9.97. The number of hydrogen-bond donors (Lipinski definition) is 3. The van der Waals surface area contributed by atoms with Crippen molar-refractivity contribution in [1.29, 1.82) is 10.7 Å². The Balaban J connectivity index is 1.86. The number of alkyl halides is 2. The Labute approximate surface area is 201 Å². The van der Waals surface area contributed by atoms with Crippen LogP contribution in [0.3, 0.4) is 0 Å². The number of rotatable bonds is 7. The monoisotopic (exact) mass is 474 g/mol. The second-order valence-electron chi connectivity index (χ2n) is 8.42. The smallest absolute Gasteiger partial charge is 0.270 e. The number of carbonyl (C=O) groups is 1. The molecule has 2 heterocycles. The predicted molar refractivity (Wildman–Crippen MR) is 131 cm³/mol. The lowest BCUT2D eigenvalue weighted by Gasteiger charge is -2.19. The number of nitriles is 1. The summed E-state index contributed by atoms with van der Waals surface area (Å²) in [7, 11) is 0. The van der Waals surface area contributed by atoms with E-state index in [1.54, 1.807) is 30.3 Å². The molecule has 0 radical (unpaired) electrons. The number of benzene rings is 2. The largest absolute Gasteiger partial charge is 0.384 e. The van der Waals surface area contributed by atoms with Crippen molar-refractivity contribution in [3.8, 4) is 17.2 Å². The minimum atomic E-state index is -3.10. The van der Waals surface area contributed by atoms with Gasteiger partial charge in [-0.15, -0.1) is 0 Å². The highest BCUT2D eigenvalue weighted by atomic mass is 19.3. The fraction of sp³-hybridized carbons (Fsp3) is 0.231. The summed E-state index contributed by atoms with van der Waals surface area (Å²) in [4.78, 5) is 19.2. The van der Waals surface area contributed by atoms with E-state index in [-0.39, 0.29) is 34.9 Å². The van der Waals surface area contributed by atoms with Crippen molar-refractivity contribution >= 4 is 23.4 Å². The highest BCUT2D eigenvalue weighted by molar-refractivity contribution is 6.10. The Morgan fingerprint density at radius 1 is 1.26 bits per heavy atom. The molecule has 35 heavy (non-hydrogen) atoms. The normalized spacial score (nSPS) is 12.9. The Morgan fingerprint density at radius 2 is 2.03 bits per heavy atom. The van der Waals surface area contributed by atoms with Gasteiger partial charge in [0.2, 0.25) is 0 Å². The molecule has 0 aliphatic carbocycles. The predicted octanol–water partition coefficient (Wildman–Crippen LogP) is 5.00. The first-order chi connectivity index (χ1) is 16.6. The average molecular weight is 475 g/mol. The van der Waals surface area contributed by atoms with Crippen LogP contribution < -0.4 is 16.0 Å². The van der Waals surface area contributed by atoms with Gasteiger partial charge in [-0.2, -0.15) is 5.26 Å². The van der Waals surface area contributed by atoms with Gasteiger partial charge in [0.05, 0.1) is 18.2 Å². The van der Waals surface area contributed by atoms with Crippen molar-refractivity contribution in [2.75, 3.05) is 16.8 Å². The molecule has 0 spiro atoms. The average Bonchev–Trinajstić information content (AvgIpc) is 3.18. The number of fused-ring (bicyclic) bond motifs is 1. The summed E-state index contributed by atoms with van der Waals surface area (Å²) in [6.07, 6.45) is 0.826. The summed E-state index contributed by atoms with van der Waals surface area (Å²) in [6, 6.07) is 14.6. The topological polar surface area (TPSA) is 119 Å². The molecule has 0 bridgehead atoms. The number of aromatic nitrogens is 1. The molecule has 3 aromatic rings. The first kappa shape index (κ1) is 23.8. The van der Waals surface area contributed by atoms with E-state index in [2.05, 4.69) is 16.4 Å². The number of nitrogens with two attached hydrogens (primary N) is 1. The number of anilines is 2. The lowest BCUT2D eigenvalue weighted by Crippen LogP contribution is -2.24. The molecule has 2 aromatic carbocycles. The maximum atomic E-state index is 14.2. The Hall–Kier alpha value is -4.32. The number of hydrogen-bond acceptors (Lipinski definition) is 5. The molecular formula is C26H24F2N6O. The third-order valence-corrected chi connectivity index (χ3v) is 5.84. The third kappa shape index (κ3) is 4.55. The van der Waals surface area contributed by atoms with E-state index in [0.29, 0.717) is 34.6 Å². The standard InChI is InChI=1S/C26H24F2N6O/c1-3-9-32-22-11-16(19-10-15(13-29)7-8-17(19)24(30)31)12-23(33-22)34-14-20-18(25(34)35)5-4-6-21(20)26(2,27)28/h4-8,10-12H,3,9,14H2,1-2H3,(H3,30,31)(H,32,33). The van der Waals surface area contributed by atoms with E-state index in [0.717, 1.165) is 13.3 Å². The number of pyridine rings is 1. The number of halogens is 2. The number of carbonyl (C=O) groups excluding carboxylic acids is 1. The molecule has 1 amide bonds. The molecule has 0 atom stereocenters. The molecule has 178 valence electrons. The van der Waals surface area contributed by atoms with Crippen LogP contribution in [0.25, 0.3) is 11.1 Å². The quantitative estimate of drug-likeness (QED) is 0.329. The van der Waals surface area contributed by atoms with Gasteiger partial charge in [0, 0.05) is 30.2 Å². The minimum Gasteiger partial charge on any atom is -0.384 e. The van der Waals surface area contributed by atoms with Crippen molar-refractivity contribution in [2.45, 2.75) is 32.7 Å². The second-order valence-corrected chi connectivity index (χ2v) is 8.42. The molecule has 0 saturated heterocycles. The van der Waals surface area contributed by atoms with Crippen LogP contribution in [0.4, 0.5) is 20.4 Å². The zero-order chi connectivity index (χ0) is 25.3. The fourth-order valence-electron chi connectivity index (χ4n) is 4.17. The van der Waals surface area contributed by atoms with Crippen LogP contribution in [0, 0.1) is 16.7 Å². The highest BCUT2D eigenvalue weighted by Crippen LogP contribution is 2.38. The lowest BCUT2D eigenvalue weighted by molar-refractivity contribution is 0.0166. The molecule has 9 heteroatoms. The van der Waals surface area contributed by atoms with E-state index in [1.807, 2.05) is 6.92 Å². The van der Waals surface area contributed by atoms with Crippen molar-refractivity contribution in [3.63, 3.8) is 0 Å². The van der Waals surface area contributed by atoms with Crippen molar-refractivity contribution < 1.29 is 13.6 Å². The molecule has 7 nitrogen and oxygen atoms in total. The van der Waals surface area contributed by atoms with Gasteiger partial charge in [-0.05, 0) is 59.5 Å². The first-order valence-electron chi connectivity index (χ1n) is 11.1. The Kier molecular flexibility index (Phi) is 6.22. The fourth-order valence-corrected chi connectivity index (χ4v) is 4.17. The van der Waals surface area contributed by atoms with Crippen LogP contribution >= 0.6 is 0 Å². The van der Waals surface area contributed by atoms with E-state index < -0.39 is 11.8 Å². The molecule has 1 aromatic heterocycles. The first-order valence-corrected chi connectivity index (χ1v) is 11.1. The Bertz CT molecular complexity index is 1370. The van der Waals surface area contributed by atoms with Crippen LogP contribution in [-0.4, -0.2) is 23.3 Å². The van der Waals surface area contributed by atoms with Crippen LogP contribution in [0.15, 0.2) is 48.5 Å².